The maximum Gasteiger partial charge on any atom is 0.253 e. The highest BCUT2D eigenvalue weighted by atomic mass is 35.5. The molecule has 0 unspecified atom stereocenters. The number of aromatic nitrogens is 2. The first kappa shape index (κ1) is 21.8. The smallest absolute Gasteiger partial charge is 0.253 e. The summed E-state index contributed by atoms with van der Waals surface area (Å²) in [7, 11) is 0. The molecule has 0 aliphatic carbocycles. The van der Waals surface area contributed by atoms with E-state index in [-0.39, 0.29) is 29.8 Å². The molecule has 3 heterocycles. The van der Waals surface area contributed by atoms with E-state index in [1.165, 1.54) is 18.5 Å². The summed E-state index contributed by atoms with van der Waals surface area (Å²) in [5.41, 5.74) is 1.20. The maximum atomic E-state index is 12.9. The van der Waals surface area contributed by atoms with Crippen LogP contribution < -0.4 is 5.32 Å². The fraction of sp³-hybridized carbons (Fsp3) is 0.304. The predicted molar refractivity (Wildman–Crippen MR) is 117 cm³/mol. The van der Waals surface area contributed by atoms with Gasteiger partial charge >= 0.3 is 0 Å². The molecule has 4 rings (SSSR count). The number of nitrogens with zero attached hydrogens (tertiary/aromatic N) is 3. The molecule has 0 bridgehead atoms. The standard InChI is InChI=1S/C23H23ClN4O4/c24-17-5-3-4-15(8-17)9-19-13-27-23(32-19)20-6-1-2-7-28(20)21(30)14-26-22(31)16-10-18(29)12-25-11-16/h3-5,8,10-13,20,29H,1-2,6-7,9,14H2,(H,26,31)/t20-/m0/s1. The van der Waals surface area contributed by atoms with E-state index < -0.39 is 5.91 Å². The molecule has 1 aliphatic rings. The van der Waals surface area contributed by atoms with Crippen molar-refractivity contribution in [2.75, 3.05) is 13.1 Å². The lowest BCUT2D eigenvalue weighted by atomic mass is 10.0. The highest BCUT2D eigenvalue weighted by Gasteiger charge is 2.31. The summed E-state index contributed by atoms with van der Waals surface area (Å²) in [6, 6.07) is 8.57. The number of pyridine rings is 1. The Morgan fingerprint density at radius 2 is 2.09 bits per heavy atom. The fourth-order valence-corrected chi connectivity index (χ4v) is 4.02. The molecule has 166 valence electrons. The van der Waals surface area contributed by atoms with Crippen LogP contribution >= 0.6 is 11.6 Å². The summed E-state index contributed by atoms with van der Waals surface area (Å²) in [5.74, 6) is 0.391. The van der Waals surface area contributed by atoms with Crippen LogP contribution in [0.3, 0.4) is 0 Å². The van der Waals surface area contributed by atoms with E-state index in [1.54, 1.807) is 11.1 Å². The molecule has 0 spiro atoms. The van der Waals surface area contributed by atoms with Gasteiger partial charge in [0.1, 0.15) is 17.6 Å². The van der Waals surface area contributed by atoms with Crippen molar-refractivity contribution in [3.63, 3.8) is 0 Å². The van der Waals surface area contributed by atoms with Gasteiger partial charge in [0.25, 0.3) is 5.91 Å². The number of amides is 2. The summed E-state index contributed by atoms with van der Waals surface area (Å²) in [6.45, 7) is 0.403. The van der Waals surface area contributed by atoms with Crippen molar-refractivity contribution in [2.24, 2.45) is 0 Å². The topological polar surface area (TPSA) is 109 Å². The van der Waals surface area contributed by atoms with Gasteiger partial charge in [0.15, 0.2) is 0 Å². The second kappa shape index (κ2) is 9.82. The first-order valence-corrected chi connectivity index (χ1v) is 10.8. The minimum atomic E-state index is -0.477. The molecular weight excluding hydrogens is 432 g/mol. The van der Waals surface area contributed by atoms with Gasteiger partial charge in [0, 0.05) is 24.2 Å². The van der Waals surface area contributed by atoms with Crippen LogP contribution in [0, 0.1) is 0 Å². The zero-order chi connectivity index (χ0) is 22.5. The minimum Gasteiger partial charge on any atom is -0.506 e. The van der Waals surface area contributed by atoms with Crippen molar-refractivity contribution >= 4 is 23.4 Å². The Labute approximate surface area is 190 Å². The SMILES string of the molecule is O=C(NCC(=O)N1CCCC[C@H]1c1ncc(Cc2cccc(Cl)c2)o1)c1cncc(O)c1. The fourth-order valence-electron chi connectivity index (χ4n) is 3.80. The van der Waals surface area contributed by atoms with Crippen LogP contribution in [-0.4, -0.2) is 44.9 Å². The second-order valence-corrected chi connectivity index (χ2v) is 8.12. The third kappa shape index (κ3) is 5.26. The van der Waals surface area contributed by atoms with E-state index in [9.17, 15) is 14.7 Å². The molecule has 1 aliphatic heterocycles. The summed E-state index contributed by atoms with van der Waals surface area (Å²) < 4.78 is 5.98. The van der Waals surface area contributed by atoms with Gasteiger partial charge < -0.3 is 19.7 Å². The number of aromatic hydroxyl groups is 1. The number of rotatable bonds is 6. The number of hydrogen-bond donors (Lipinski definition) is 2. The number of carbonyl (C=O) groups is 2. The average Bonchev–Trinajstić information content (AvgIpc) is 3.25. The van der Waals surface area contributed by atoms with Crippen LogP contribution in [-0.2, 0) is 11.2 Å². The average molecular weight is 455 g/mol. The van der Waals surface area contributed by atoms with Crippen LogP contribution in [0.1, 0.15) is 52.9 Å². The predicted octanol–water partition coefficient (Wildman–Crippen LogP) is 3.50. The molecule has 2 aromatic heterocycles. The molecule has 1 fully saturated rings. The van der Waals surface area contributed by atoms with Crippen LogP contribution in [0.4, 0.5) is 0 Å². The summed E-state index contributed by atoms with van der Waals surface area (Å²) in [4.78, 5) is 35.1. The van der Waals surface area contributed by atoms with E-state index >= 15 is 0 Å². The third-order valence-corrected chi connectivity index (χ3v) is 5.57. The highest BCUT2D eigenvalue weighted by molar-refractivity contribution is 6.30. The van der Waals surface area contributed by atoms with Gasteiger partial charge in [-0.05, 0) is 43.0 Å². The normalized spacial score (nSPS) is 16.0. The number of carbonyl (C=O) groups excluding carboxylic acids is 2. The first-order valence-electron chi connectivity index (χ1n) is 10.4. The Morgan fingerprint density at radius 1 is 1.22 bits per heavy atom. The largest absolute Gasteiger partial charge is 0.506 e. The second-order valence-electron chi connectivity index (χ2n) is 7.68. The Kier molecular flexibility index (Phi) is 6.70. The van der Waals surface area contributed by atoms with Gasteiger partial charge in [-0.25, -0.2) is 4.98 Å². The quantitative estimate of drug-likeness (QED) is 0.590. The lowest BCUT2D eigenvalue weighted by Crippen LogP contribution is -2.44. The molecule has 8 nitrogen and oxygen atoms in total. The molecule has 3 aromatic rings. The molecule has 9 heteroatoms. The molecule has 32 heavy (non-hydrogen) atoms. The minimum absolute atomic E-state index is 0.113. The number of oxazole rings is 1. The molecular formula is C23H23ClN4O4. The number of likely N-dealkylation sites (tertiary alicyclic amines) is 1. The number of hydrogen-bond acceptors (Lipinski definition) is 6. The molecule has 1 saturated heterocycles. The Balaban J connectivity index is 1.40. The van der Waals surface area contributed by atoms with Crippen molar-refractivity contribution in [1.29, 1.82) is 0 Å². The van der Waals surface area contributed by atoms with Gasteiger partial charge in [-0.1, -0.05) is 23.7 Å². The third-order valence-electron chi connectivity index (χ3n) is 5.33. The van der Waals surface area contributed by atoms with E-state index in [0.717, 1.165) is 24.8 Å². The highest BCUT2D eigenvalue weighted by Crippen LogP contribution is 2.31. The molecule has 0 radical (unpaired) electrons. The Hall–Kier alpha value is -3.39. The van der Waals surface area contributed by atoms with Crippen LogP contribution in [0.5, 0.6) is 5.75 Å². The van der Waals surface area contributed by atoms with Crippen LogP contribution in [0.25, 0.3) is 0 Å². The lowest BCUT2D eigenvalue weighted by molar-refractivity contribution is -0.134. The molecule has 2 amide bonds. The van der Waals surface area contributed by atoms with Gasteiger partial charge in [-0.3, -0.25) is 14.6 Å². The lowest BCUT2D eigenvalue weighted by Gasteiger charge is -2.33. The van der Waals surface area contributed by atoms with Gasteiger partial charge in [0.2, 0.25) is 11.8 Å². The van der Waals surface area contributed by atoms with Crippen molar-refractivity contribution in [2.45, 2.75) is 31.7 Å². The number of halogens is 1. The van der Waals surface area contributed by atoms with Crippen LogP contribution in [0.2, 0.25) is 5.02 Å². The molecule has 2 N–H and O–H groups in total. The van der Waals surface area contributed by atoms with Crippen molar-refractivity contribution in [3.05, 3.63) is 76.7 Å². The summed E-state index contributed by atoms with van der Waals surface area (Å²) >= 11 is 6.05. The van der Waals surface area contributed by atoms with Gasteiger partial charge in [-0.2, -0.15) is 0 Å². The van der Waals surface area contributed by atoms with E-state index in [1.807, 2.05) is 24.3 Å². The zero-order valence-corrected chi connectivity index (χ0v) is 18.1. The van der Waals surface area contributed by atoms with E-state index in [0.29, 0.717) is 29.6 Å². The Bertz CT molecular complexity index is 1120. The number of nitrogens with one attached hydrogen (secondary N) is 1. The summed E-state index contributed by atoms with van der Waals surface area (Å²) in [6.07, 6.45) is 7.39. The van der Waals surface area contributed by atoms with Crippen molar-refractivity contribution in [3.8, 4) is 5.75 Å². The first-order chi connectivity index (χ1) is 15.5. The number of benzene rings is 1. The van der Waals surface area contributed by atoms with Crippen LogP contribution in [0.15, 0.2) is 53.3 Å². The van der Waals surface area contributed by atoms with Gasteiger partial charge in [0.05, 0.1) is 24.5 Å². The number of piperidine rings is 1. The van der Waals surface area contributed by atoms with Crippen molar-refractivity contribution < 1.29 is 19.1 Å². The monoisotopic (exact) mass is 454 g/mol. The zero-order valence-electron chi connectivity index (χ0n) is 17.3. The summed E-state index contributed by atoms with van der Waals surface area (Å²) in [5, 5.41) is 12.7. The van der Waals surface area contributed by atoms with Crippen molar-refractivity contribution in [1.82, 2.24) is 20.2 Å². The molecule has 0 saturated carbocycles. The molecule has 1 atom stereocenters. The maximum absolute atomic E-state index is 12.9. The Morgan fingerprint density at radius 3 is 2.91 bits per heavy atom. The molecule has 1 aromatic carbocycles. The van der Waals surface area contributed by atoms with E-state index in [2.05, 4.69) is 15.3 Å². The van der Waals surface area contributed by atoms with Gasteiger partial charge in [-0.15, -0.1) is 0 Å². The van der Waals surface area contributed by atoms with E-state index in [4.69, 9.17) is 16.0 Å².